The lowest BCUT2D eigenvalue weighted by Gasteiger charge is -2.19. The molecule has 1 aromatic carbocycles. The highest BCUT2D eigenvalue weighted by Crippen LogP contribution is 2.37. The summed E-state index contributed by atoms with van der Waals surface area (Å²) in [5, 5.41) is 3.31. The van der Waals surface area contributed by atoms with Crippen LogP contribution < -0.4 is 5.32 Å². The number of thiophene rings is 1. The Morgan fingerprint density at radius 1 is 1.24 bits per heavy atom. The highest BCUT2D eigenvalue weighted by Gasteiger charge is 2.23. The van der Waals surface area contributed by atoms with Crippen LogP contribution >= 0.6 is 23.1 Å². The van der Waals surface area contributed by atoms with Crippen molar-refractivity contribution >= 4 is 23.1 Å². The van der Waals surface area contributed by atoms with Gasteiger partial charge >= 0.3 is 0 Å². The third-order valence-electron chi connectivity index (χ3n) is 3.99. The first-order valence-corrected chi connectivity index (χ1v) is 9.20. The molecule has 1 unspecified atom stereocenters. The van der Waals surface area contributed by atoms with Crippen molar-refractivity contribution < 1.29 is 4.39 Å². The average molecular weight is 321 g/mol. The molecule has 3 rings (SSSR count). The quantitative estimate of drug-likeness (QED) is 0.886. The second-order valence-electron chi connectivity index (χ2n) is 5.60. The molecule has 0 spiro atoms. The number of thioether (sulfide) groups is 1. The maximum Gasteiger partial charge on any atom is 0.128 e. The normalized spacial score (nSPS) is 15.8. The van der Waals surface area contributed by atoms with Gasteiger partial charge in [0.1, 0.15) is 5.82 Å². The van der Waals surface area contributed by atoms with Gasteiger partial charge in [0.2, 0.25) is 0 Å². The predicted molar refractivity (Wildman–Crippen MR) is 91.0 cm³/mol. The van der Waals surface area contributed by atoms with Gasteiger partial charge in [-0.2, -0.15) is 11.8 Å². The van der Waals surface area contributed by atoms with Crippen molar-refractivity contribution in [3.05, 3.63) is 56.0 Å². The van der Waals surface area contributed by atoms with E-state index in [4.69, 9.17) is 0 Å². The molecular formula is C17H20FNS2. The fourth-order valence-electron chi connectivity index (χ4n) is 3.03. The van der Waals surface area contributed by atoms with Gasteiger partial charge in [0.25, 0.3) is 0 Å². The Labute approximate surface area is 134 Å². The van der Waals surface area contributed by atoms with Gasteiger partial charge in [0, 0.05) is 21.1 Å². The maximum atomic E-state index is 14.5. The summed E-state index contributed by atoms with van der Waals surface area (Å²) in [6, 6.07) is 5.92. The van der Waals surface area contributed by atoms with Gasteiger partial charge in [-0.3, -0.25) is 0 Å². The van der Waals surface area contributed by atoms with Crippen molar-refractivity contribution in [3.63, 3.8) is 0 Å². The van der Waals surface area contributed by atoms with Crippen molar-refractivity contribution in [1.82, 2.24) is 5.32 Å². The Balaban J connectivity index is 2.04. The zero-order chi connectivity index (χ0) is 15.0. The van der Waals surface area contributed by atoms with Gasteiger partial charge in [0.15, 0.2) is 0 Å². The van der Waals surface area contributed by atoms with Crippen molar-refractivity contribution in [3.8, 4) is 0 Å². The van der Waals surface area contributed by atoms with E-state index in [-0.39, 0.29) is 11.9 Å². The van der Waals surface area contributed by atoms with E-state index >= 15 is 0 Å². The minimum absolute atomic E-state index is 0.0498. The van der Waals surface area contributed by atoms with Crippen LogP contribution in [0, 0.1) is 19.7 Å². The van der Waals surface area contributed by atoms with E-state index in [1.807, 2.05) is 44.0 Å². The number of aryl methyl sites for hydroxylation is 3. The van der Waals surface area contributed by atoms with Crippen molar-refractivity contribution in [2.45, 2.75) is 32.1 Å². The van der Waals surface area contributed by atoms with Crippen LogP contribution in [0.5, 0.6) is 0 Å². The summed E-state index contributed by atoms with van der Waals surface area (Å²) in [5.74, 6) is 2.19. The molecule has 112 valence electrons. The predicted octanol–water partition coefficient (Wildman–Crippen LogP) is 4.60. The van der Waals surface area contributed by atoms with Crippen LogP contribution in [0.1, 0.15) is 38.0 Å². The molecule has 1 aliphatic rings. The fourth-order valence-corrected chi connectivity index (χ4v) is 5.53. The van der Waals surface area contributed by atoms with Crippen molar-refractivity contribution in [2.24, 2.45) is 0 Å². The number of hydrogen-bond donors (Lipinski definition) is 1. The summed E-state index contributed by atoms with van der Waals surface area (Å²) in [7, 11) is 1.91. The molecule has 0 saturated carbocycles. The molecule has 0 amide bonds. The molecule has 2 aromatic rings. The van der Waals surface area contributed by atoms with Gasteiger partial charge in [-0.1, -0.05) is 6.07 Å². The molecule has 1 nitrogen and oxygen atoms in total. The molecule has 1 atom stereocenters. The highest BCUT2D eigenvalue weighted by molar-refractivity contribution is 7.98. The van der Waals surface area contributed by atoms with Crippen LogP contribution in [-0.2, 0) is 12.2 Å². The minimum Gasteiger partial charge on any atom is -0.309 e. The lowest BCUT2D eigenvalue weighted by molar-refractivity contribution is 0.575. The fraction of sp³-hybridized carbons (Fsp3) is 0.412. The van der Waals surface area contributed by atoms with Crippen molar-refractivity contribution in [1.29, 1.82) is 0 Å². The summed E-state index contributed by atoms with van der Waals surface area (Å²) in [6.07, 6.45) is 1.15. The van der Waals surface area contributed by atoms with Gasteiger partial charge < -0.3 is 5.32 Å². The van der Waals surface area contributed by atoms with E-state index in [0.717, 1.165) is 28.9 Å². The van der Waals surface area contributed by atoms with Gasteiger partial charge in [-0.25, -0.2) is 4.39 Å². The largest absolute Gasteiger partial charge is 0.309 e. The second kappa shape index (κ2) is 6.11. The molecule has 1 aromatic heterocycles. The number of halogens is 1. The number of hydrogen-bond acceptors (Lipinski definition) is 3. The topological polar surface area (TPSA) is 12.0 Å². The maximum absolute atomic E-state index is 14.5. The molecule has 0 radical (unpaired) electrons. The van der Waals surface area contributed by atoms with E-state index < -0.39 is 0 Å². The summed E-state index contributed by atoms with van der Waals surface area (Å²) in [5.41, 5.74) is 4.23. The van der Waals surface area contributed by atoms with Crippen LogP contribution in [0.15, 0.2) is 18.2 Å². The molecule has 0 aliphatic carbocycles. The van der Waals surface area contributed by atoms with E-state index in [2.05, 4.69) is 17.4 Å². The molecule has 0 fully saturated rings. The first kappa shape index (κ1) is 15.1. The Morgan fingerprint density at radius 3 is 2.71 bits per heavy atom. The van der Waals surface area contributed by atoms with E-state index in [1.165, 1.54) is 21.1 Å². The average Bonchev–Trinajstić information content (AvgIpc) is 2.85. The first-order chi connectivity index (χ1) is 10.1. The number of fused-ring (bicyclic) bond motifs is 1. The molecule has 21 heavy (non-hydrogen) atoms. The molecule has 4 heteroatoms. The summed E-state index contributed by atoms with van der Waals surface area (Å²) < 4.78 is 14.5. The number of rotatable bonds is 3. The second-order valence-corrected chi connectivity index (χ2v) is 7.87. The SMILES string of the molecule is CNC(c1cc2c(s1)CCSC2)c1c(C)cc(C)cc1F. The van der Waals surface area contributed by atoms with Gasteiger partial charge in [-0.05, 0) is 61.9 Å². The first-order valence-electron chi connectivity index (χ1n) is 7.23. The third-order valence-corrected chi connectivity index (χ3v) is 6.30. The van der Waals surface area contributed by atoms with Crippen LogP contribution in [0.3, 0.4) is 0 Å². The summed E-state index contributed by atoms with van der Waals surface area (Å²) in [4.78, 5) is 2.71. The van der Waals surface area contributed by atoms with Gasteiger partial charge in [0.05, 0.1) is 6.04 Å². The number of benzene rings is 1. The van der Waals surface area contributed by atoms with E-state index in [9.17, 15) is 4.39 Å². The monoisotopic (exact) mass is 321 g/mol. The Morgan fingerprint density at radius 2 is 2.05 bits per heavy atom. The molecule has 2 heterocycles. The van der Waals surface area contributed by atoms with E-state index in [0.29, 0.717) is 0 Å². The molecule has 1 N–H and O–H groups in total. The van der Waals surface area contributed by atoms with Crippen LogP contribution in [0.25, 0.3) is 0 Å². The third kappa shape index (κ3) is 2.89. The Bertz CT molecular complexity index is 616. The highest BCUT2D eigenvalue weighted by atomic mass is 32.2. The zero-order valence-corrected chi connectivity index (χ0v) is 14.3. The minimum atomic E-state index is -0.104. The molecule has 0 saturated heterocycles. The summed E-state index contributed by atoms with van der Waals surface area (Å²) in [6.45, 7) is 3.94. The number of nitrogens with one attached hydrogen (secondary N) is 1. The van der Waals surface area contributed by atoms with E-state index in [1.54, 1.807) is 6.07 Å². The smallest absolute Gasteiger partial charge is 0.128 e. The van der Waals surface area contributed by atoms with Crippen LogP contribution in [0.4, 0.5) is 4.39 Å². The van der Waals surface area contributed by atoms with Gasteiger partial charge in [-0.15, -0.1) is 11.3 Å². The van der Waals surface area contributed by atoms with Crippen LogP contribution in [0.2, 0.25) is 0 Å². The zero-order valence-electron chi connectivity index (χ0n) is 12.6. The van der Waals surface area contributed by atoms with Crippen molar-refractivity contribution in [2.75, 3.05) is 12.8 Å². The molecule has 0 bridgehead atoms. The lowest BCUT2D eigenvalue weighted by atomic mass is 9.97. The lowest BCUT2D eigenvalue weighted by Crippen LogP contribution is -2.19. The van der Waals surface area contributed by atoms with Crippen LogP contribution in [-0.4, -0.2) is 12.8 Å². The Hall–Kier alpha value is -0.840. The standard InChI is InChI=1S/C17H20FNS2/c1-10-6-11(2)16(13(18)7-10)17(19-3)15-8-12-9-20-5-4-14(12)21-15/h6-8,17,19H,4-5,9H2,1-3H3. The molecule has 1 aliphatic heterocycles. The Kier molecular flexibility index (Phi) is 4.38. The molecular weight excluding hydrogens is 301 g/mol. The summed E-state index contributed by atoms with van der Waals surface area (Å²) >= 11 is 3.83.